The number of anilines is 1. The van der Waals surface area contributed by atoms with Gasteiger partial charge in [-0.25, -0.2) is 8.78 Å². The summed E-state index contributed by atoms with van der Waals surface area (Å²) in [5.41, 5.74) is 5.51. The summed E-state index contributed by atoms with van der Waals surface area (Å²) in [4.78, 5) is 0. The Morgan fingerprint density at radius 1 is 1.24 bits per heavy atom. The van der Waals surface area contributed by atoms with Gasteiger partial charge < -0.3 is 10.5 Å². The van der Waals surface area contributed by atoms with Gasteiger partial charge in [0.05, 0.1) is 12.7 Å². The smallest absolute Gasteiger partial charge is 0.139 e. The Morgan fingerprint density at radius 3 is 2.24 bits per heavy atom. The molecule has 0 amide bonds. The summed E-state index contributed by atoms with van der Waals surface area (Å²) >= 11 is 0. The highest BCUT2D eigenvalue weighted by atomic mass is 19.1. The van der Waals surface area contributed by atoms with Crippen LogP contribution in [0.25, 0.3) is 11.3 Å². The molecule has 6 heteroatoms. The van der Waals surface area contributed by atoms with E-state index in [1.165, 1.54) is 17.9 Å². The third-order valence-corrected chi connectivity index (χ3v) is 2.42. The Morgan fingerprint density at radius 2 is 1.82 bits per heavy atom. The summed E-state index contributed by atoms with van der Waals surface area (Å²) in [5, 5.41) is 3.93. The van der Waals surface area contributed by atoms with Gasteiger partial charge in [-0.15, -0.1) is 0 Å². The molecule has 1 aromatic carbocycles. The molecule has 90 valence electrons. The largest absolute Gasteiger partial charge is 0.497 e. The van der Waals surface area contributed by atoms with E-state index >= 15 is 0 Å². The van der Waals surface area contributed by atoms with Gasteiger partial charge in [0.25, 0.3) is 0 Å². The van der Waals surface area contributed by atoms with Crippen molar-refractivity contribution in [1.29, 1.82) is 0 Å². The molecule has 0 aliphatic rings. The lowest BCUT2D eigenvalue weighted by Crippen LogP contribution is -1.97. The predicted molar refractivity (Wildman–Crippen MR) is 59.5 cm³/mol. The Hall–Kier alpha value is -2.11. The maximum atomic E-state index is 13.7. The zero-order valence-electron chi connectivity index (χ0n) is 9.37. The molecule has 0 spiro atoms. The van der Waals surface area contributed by atoms with E-state index in [-0.39, 0.29) is 17.0 Å². The molecule has 0 bridgehead atoms. The molecule has 0 aliphatic heterocycles. The molecule has 4 nitrogen and oxygen atoms in total. The van der Waals surface area contributed by atoms with Gasteiger partial charge in [0.15, 0.2) is 0 Å². The highest BCUT2D eigenvalue weighted by Gasteiger charge is 2.17. The Balaban J connectivity index is 2.59. The fraction of sp³-hybridized carbons (Fsp3) is 0.182. The number of ether oxygens (including phenoxy) is 1. The first-order valence-corrected chi connectivity index (χ1v) is 4.86. The fourth-order valence-electron chi connectivity index (χ4n) is 1.52. The summed E-state index contributed by atoms with van der Waals surface area (Å²) in [6.45, 7) is 0. The topological polar surface area (TPSA) is 53.1 Å². The minimum Gasteiger partial charge on any atom is -0.497 e. The quantitative estimate of drug-likeness (QED) is 0.871. The van der Waals surface area contributed by atoms with Gasteiger partial charge in [0, 0.05) is 25.2 Å². The summed E-state index contributed by atoms with van der Waals surface area (Å²) in [6.07, 6.45) is 0. The Kier molecular flexibility index (Phi) is 2.71. The van der Waals surface area contributed by atoms with Crippen molar-refractivity contribution < 1.29 is 13.5 Å². The number of methoxy groups -OCH3 is 1. The van der Waals surface area contributed by atoms with E-state index in [0.717, 1.165) is 12.1 Å². The number of hydrogen-bond donors (Lipinski definition) is 1. The summed E-state index contributed by atoms with van der Waals surface area (Å²) < 4.78 is 33.5. The first-order valence-electron chi connectivity index (χ1n) is 4.86. The van der Waals surface area contributed by atoms with Crippen LogP contribution in [0.3, 0.4) is 0 Å². The average molecular weight is 239 g/mol. The van der Waals surface area contributed by atoms with E-state index in [1.807, 2.05) is 0 Å². The standard InChI is InChI=1S/C11H11F2N3O/c1-16-10(14)5-9(15-16)11-7(12)3-6(17-2)4-8(11)13/h3-5H,14H2,1-2H3. The number of rotatable bonds is 2. The minimum atomic E-state index is -0.736. The zero-order valence-corrected chi connectivity index (χ0v) is 9.37. The molecular weight excluding hydrogens is 228 g/mol. The minimum absolute atomic E-state index is 0.118. The van der Waals surface area contributed by atoms with Crippen molar-refractivity contribution in [3.8, 4) is 17.0 Å². The number of halogens is 2. The van der Waals surface area contributed by atoms with E-state index in [4.69, 9.17) is 10.5 Å². The van der Waals surface area contributed by atoms with Crippen molar-refractivity contribution in [3.05, 3.63) is 29.8 Å². The van der Waals surface area contributed by atoms with Crippen LogP contribution < -0.4 is 10.5 Å². The number of benzene rings is 1. The van der Waals surface area contributed by atoms with E-state index in [2.05, 4.69) is 5.10 Å². The summed E-state index contributed by atoms with van der Waals surface area (Å²) in [7, 11) is 2.94. The lowest BCUT2D eigenvalue weighted by molar-refractivity contribution is 0.407. The van der Waals surface area contributed by atoms with Gasteiger partial charge in [0.2, 0.25) is 0 Å². The molecule has 0 saturated heterocycles. The van der Waals surface area contributed by atoms with Crippen LogP contribution in [0.4, 0.5) is 14.6 Å². The van der Waals surface area contributed by atoms with Gasteiger partial charge in [-0.3, -0.25) is 4.68 Å². The number of nitrogens with two attached hydrogens (primary N) is 1. The molecule has 2 N–H and O–H groups in total. The molecule has 0 fully saturated rings. The van der Waals surface area contributed by atoms with E-state index in [0.29, 0.717) is 5.82 Å². The van der Waals surface area contributed by atoms with E-state index in [9.17, 15) is 8.78 Å². The van der Waals surface area contributed by atoms with Crippen molar-refractivity contribution in [2.45, 2.75) is 0 Å². The van der Waals surface area contributed by atoms with Crippen LogP contribution in [-0.2, 0) is 7.05 Å². The first-order chi connectivity index (χ1) is 8.02. The van der Waals surface area contributed by atoms with Crippen molar-refractivity contribution in [1.82, 2.24) is 9.78 Å². The van der Waals surface area contributed by atoms with Crippen molar-refractivity contribution in [3.63, 3.8) is 0 Å². The van der Waals surface area contributed by atoms with Crippen LogP contribution in [0.2, 0.25) is 0 Å². The Bertz CT molecular complexity index is 523. The van der Waals surface area contributed by atoms with Crippen LogP contribution >= 0.6 is 0 Å². The molecule has 2 rings (SSSR count). The molecule has 0 radical (unpaired) electrons. The van der Waals surface area contributed by atoms with Gasteiger partial charge in [-0.05, 0) is 0 Å². The number of nitrogen functional groups attached to an aromatic ring is 1. The average Bonchev–Trinajstić information content (AvgIpc) is 2.57. The molecular formula is C11H11F2N3O. The van der Waals surface area contributed by atoms with Crippen LogP contribution in [0.1, 0.15) is 0 Å². The highest BCUT2D eigenvalue weighted by Crippen LogP contribution is 2.29. The molecule has 1 aromatic heterocycles. The van der Waals surface area contributed by atoms with Crippen molar-refractivity contribution in [2.24, 2.45) is 7.05 Å². The van der Waals surface area contributed by atoms with Crippen molar-refractivity contribution >= 4 is 5.82 Å². The van der Waals surface area contributed by atoms with Crippen molar-refractivity contribution in [2.75, 3.05) is 12.8 Å². The predicted octanol–water partition coefficient (Wildman–Crippen LogP) is 1.96. The second kappa shape index (κ2) is 4.04. The third kappa shape index (κ3) is 1.93. The lowest BCUT2D eigenvalue weighted by atomic mass is 10.1. The first kappa shape index (κ1) is 11.4. The maximum absolute atomic E-state index is 13.7. The van der Waals surface area contributed by atoms with Gasteiger partial charge in [-0.1, -0.05) is 0 Å². The number of hydrogen-bond acceptors (Lipinski definition) is 3. The SMILES string of the molecule is COc1cc(F)c(-c2cc(N)n(C)n2)c(F)c1. The molecule has 0 saturated carbocycles. The number of aryl methyl sites for hydroxylation is 1. The molecule has 17 heavy (non-hydrogen) atoms. The van der Waals surface area contributed by atoms with Gasteiger partial charge >= 0.3 is 0 Å². The molecule has 0 atom stereocenters. The van der Waals surface area contributed by atoms with E-state index in [1.54, 1.807) is 7.05 Å². The van der Waals surface area contributed by atoms with Crippen LogP contribution in [0, 0.1) is 11.6 Å². The monoisotopic (exact) mass is 239 g/mol. The second-order valence-corrected chi connectivity index (χ2v) is 3.54. The molecule has 0 aliphatic carbocycles. The number of nitrogens with zero attached hydrogens (tertiary/aromatic N) is 2. The summed E-state index contributed by atoms with van der Waals surface area (Å²) in [5.74, 6) is -1.03. The van der Waals surface area contributed by atoms with Crippen LogP contribution in [0.5, 0.6) is 5.75 Å². The lowest BCUT2D eigenvalue weighted by Gasteiger charge is -2.05. The van der Waals surface area contributed by atoms with E-state index < -0.39 is 11.6 Å². The van der Waals surface area contributed by atoms with Crippen LogP contribution in [0.15, 0.2) is 18.2 Å². The normalized spacial score (nSPS) is 10.6. The zero-order chi connectivity index (χ0) is 12.6. The highest BCUT2D eigenvalue weighted by molar-refractivity contribution is 5.64. The Labute approximate surface area is 96.6 Å². The van der Waals surface area contributed by atoms with Gasteiger partial charge in [0.1, 0.15) is 28.9 Å². The van der Waals surface area contributed by atoms with Gasteiger partial charge in [-0.2, -0.15) is 5.10 Å². The maximum Gasteiger partial charge on any atom is 0.139 e. The summed E-state index contributed by atoms with van der Waals surface area (Å²) in [6, 6.07) is 3.61. The second-order valence-electron chi connectivity index (χ2n) is 3.54. The molecule has 2 aromatic rings. The van der Waals surface area contributed by atoms with Crippen LogP contribution in [-0.4, -0.2) is 16.9 Å². The fourth-order valence-corrected chi connectivity index (χ4v) is 1.52. The third-order valence-electron chi connectivity index (χ3n) is 2.42. The molecule has 1 heterocycles. The number of aromatic nitrogens is 2. The molecule has 0 unspecified atom stereocenters.